The largest absolute Gasteiger partial charge is 0.472 e. The fraction of sp³-hybridized carbons (Fsp3) is 0.333. The molecule has 8 heavy (non-hydrogen) atoms. The van der Waals surface area contributed by atoms with Crippen LogP contribution in [0, 0.1) is 0 Å². The van der Waals surface area contributed by atoms with Crippen molar-refractivity contribution in [2.24, 2.45) is 0 Å². The molecule has 0 bridgehead atoms. The van der Waals surface area contributed by atoms with Crippen LogP contribution in [0.1, 0.15) is 5.56 Å². The van der Waals surface area contributed by atoms with Crippen LogP contribution in [-0.2, 0) is 11.5 Å². The fourth-order valence-corrected chi connectivity index (χ4v) is 0.553. The number of hydrogen-bond acceptors (Lipinski definition) is 1. The average molecular weight is 111 g/mol. The lowest BCUT2D eigenvalue weighted by Crippen LogP contribution is -1.83. The Morgan fingerprint density at radius 2 is 2.50 bits per heavy atom. The lowest BCUT2D eigenvalue weighted by atomic mass is 10.3. The molecule has 0 N–H and O–H groups in total. The van der Waals surface area contributed by atoms with Crippen molar-refractivity contribution in [3.8, 4) is 0 Å². The van der Waals surface area contributed by atoms with E-state index in [0.717, 1.165) is 5.56 Å². The van der Waals surface area contributed by atoms with Crippen molar-refractivity contribution in [2.75, 3.05) is 6.61 Å². The van der Waals surface area contributed by atoms with Crippen molar-refractivity contribution in [2.45, 2.75) is 6.42 Å². The highest BCUT2D eigenvalue weighted by Gasteiger charge is 1.89. The molecule has 0 aliphatic heterocycles. The van der Waals surface area contributed by atoms with E-state index in [4.69, 9.17) is 4.42 Å². The predicted octanol–water partition coefficient (Wildman–Crippen LogP) is 1.25. The Morgan fingerprint density at radius 1 is 1.62 bits per heavy atom. The third-order valence-corrected chi connectivity index (χ3v) is 0.971. The van der Waals surface area contributed by atoms with Gasteiger partial charge in [0.2, 0.25) is 0 Å². The van der Waals surface area contributed by atoms with Gasteiger partial charge < -0.3 is 4.42 Å². The molecule has 0 saturated heterocycles. The van der Waals surface area contributed by atoms with Crippen molar-refractivity contribution in [3.05, 3.63) is 24.2 Å². The van der Waals surface area contributed by atoms with Crippen LogP contribution >= 0.6 is 0 Å². The first-order valence-corrected chi connectivity index (χ1v) is 2.52. The molecule has 0 fully saturated rings. The summed E-state index contributed by atoms with van der Waals surface area (Å²) in [6, 6.07) is 1.80. The molecule has 2 heteroatoms. The van der Waals surface area contributed by atoms with Gasteiger partial charge in [-0.1, -0.05) is 0 Å². The lowest BCUT2D eigenvalue weighted by Gasteiger charge is -1.82. The molecule has 0 aliphatic rings. The Kier molecular flexibility index (Phi) is 1.70. The first kappa shape index (κ1) is 5.38. The van der Waals surface area contributed by atoms with Gasteiger partial charge >= 0.3 is 0 Å². The third-order valence-electron chi connectivity index (χ3n) is 0.971. The molecule has 1 radical (unpaired) electrons. The zero-order chi connectivity index (χ0) is 5.82. The third kappa shape index (κ3) is 1.10. The normalized spacial score (nSPS) is 9.62. The average Bonchev–Trinajstić information content (AvgIpc) is 2.19. The van der Waals surface area contributed by atoms with Gasteiger partial charge in [0.05, 0.1) is 19.1 Å². The number of furan rings is 1. The summed E-state index contributed by atoms with van der Waals surface area (Å²) in [5, 5.41) is 9.96. The van der Waals surface area contributed by atoms with E-state index in [-0.39, 0.29) is 6.61 Å². The Hall–Kier alpha value is -0.760. The highest BCUT2D eigenvalue weighted by atomic mass is 16.3. The molecular formula is C6H7O2. The van der Waals surface area contributed by atoms with Crippen LogP contribution in [0.5, 0.6) is 0 Å². The van der Waals surface area contributed by atoms with E-state index in [1.54, 1.807) is 18.6 Å². The molecule has 1 heterocycles. The van der Waals surface area contributed by atoms with Crippen LogP contribution in [-0.4, -0.2) is 6.61 Å². The summed E-state index contributed by atoms with van der Waals surface area (Å²) in [6.07, 6.45) is 3.75. The van der Waals surface area contributed by atoms with Gasteiger partial charge in [-0.25, -0.2) is 5.11 Å². The summed E-state index contributed by atoms with van der Waals surface area (Å²) < 4.78 is 4.73. The Morgan fingerprint density at radius 3 is 3.00 bits per heavy atom. The molecule has 43 valence electrons. The van der Waals surface area contributed by atoms with Crippen LogP contribution in [0.15, 0.2) is 23.0 Å². The molecule has 0 aromatic carbocycles. The van der Waals surface area contributed by atoms with Crippen molar-refractivity contribution in [1.82, 2.24) is 0 Å². The molecule has 0 atom stereocenters. The van der Waals surface area contributed by atoms with E-state index in [2.05, 4.69) is 0 Å². The van der Waals surface area contributed by atoms with Crippen LogP contribution < -0.4 is 0 Å². The summed E-state index contributed by atoms with van der Waals surface area (Å²) in [7, 11) is 0. The van der Waals surface area contributed by atoms with E-state index in [1.165, 1.54) is 0 Å². The SMILES string of the molecule is [O]CCc1ccoc1. The van der Waals surface area contributed by atoms with Gasteiger partial charge in [-0.05, 0) is 11.6 Å². The number of rotatable bonds is 2. The molecule has 0 unspecified atom stereocenters. The van der Waals surface area contributed by atoms with Gasteiger partial charge in [0.25, 0.3) is 0 Å². The maximum Gasteiger partial charge on any atom is 0.0935 e. The molecule has 0 amide bonds. The second-order valence-electron chi connectivity index (χ2n) is 1.59. The molecule has 0 spiro atoms. The highest BCUT2D eigenvalue weighted by Crippen LogP contribution is 1.98. The lowest BCUT2D eigenvalue weighted by molar-refractivity contribution is 0.197. The smallest absolute Gasteiger partial charge is 0.0935 e. The van der Waals surface area contributed by atoms with Gasteiger partial charge in [-0.2, -0.15) is 0 Å². The van der Waals surface area contributed by atoms with Gasteiger partial charge in [0, 0.05) is 6.42 Å². The summed E-state index contributed by atoms with van der Waals surface area (Å²) >= 11 is 0. The topological polar surface area (TPSA) is 33.0 Å². The number of hydrogen-bond donors (Lipinski definition) is 0. The molecule has 0 saturated carbocycles. The van der Waals surface area contributed by atoms with Gasteiger partial charge in [-0.3, -0.25) is 0 Å². The van der Waals surface area contributed by atoms with Gasteiger partial charge in [-0.15, -0.1) is 0 Å². The fourth-order valence-electron chi connectivity index (χ4n) is 0.553. The first-order valence-electron chi connectivity index (χ1n) is 2.52. The summed E-state index contributed by atoms with van der Waals surface area (Å²) in [5.74, 6) is 0. The molecular weight excluding hydrogens is 104 g/mol. The maximum atomic E-state index is 9.96. The summed E-state index contributed by atoms with van der Waals surface area (Å²) in [6.45, 7) is -0.0560. The van der Waals surface area contributed by atoms with E-state index in [1.807, 2.05) is 0 Å². The van der Waals surface area contributed by atoms with Gasteiger partial charge in [0.1, 0.15) is 0 Å². The highest BCUT2D eigenvalue weighted by molar-refractivity contribution is 5.04. The zero-order valence-electron chi connectivity index (χ0n) is 4.46. The van der Waals surface area contributed by atoms with Crippen LogP contribution in [0.4, 0.5) is 0 Å². The second-order valence-corrected chi connectivity index (χ2v) is 1.59. The zero-order valence-corrected chi connectivity index (χ0v) is 4.46. The molecule has 2 nitrogen and oxygen atoms in total. The molecule has 1 aromatic heterocycles. The second kappa shape index (κ2) is 2.52. The Bertz CT molecular complexity index is 132. The maximum absolute atomic E-state index is 9.96. The monoisotopic (exact) mass is 111 g/mol. The Balaban J connectivity index is 2.50. The Labute approximate surface area is 47.7 Å². The minimum Gasteiger partial charge on any atom is -0.472 e. The van der Waals surface area contributed by atoms with Gasteiger partial charge in [0.15, 0.2) is 0 Å². The predicted molar refractivity (Wildman–Crippen MR) is 28.0 cm³/mol. The minimum absolute atomic E-state index is 0.0560. The minimum atomic E-state index is -0.0560. The molecule has 0 aliphatic carbocycles. The van der Waals surface area contributed by atoms with E-state index >= 15 is 0 Å². The first-order chi connectivity index (χ1) is 3.93. The van der Waals surface area contributed by atoms with Crippen LogP contribution in [0.2, 0.25) is 0 Å². The van der Waals surface area contributed by atoms with Crippen LogP contribution in [0.25, 0.3) is 0 Å². The van der Waals surface area contributed by atoms with E-state index in [0.29, 0.717) is 6.42 Å². The van der Waals surface area contributed by atoms with Crippen molar-refractivity contribution >= 4 is 0 Å². The quantitative estimate of drug-likeness (QED) is 0.565. The van der Waals surface area contributed by atoms with Crippen LogP contribution in [0.3, 0.4) is 0 Å². The summed E-state index contributed by atoms with van der Waals surface area (Å²) in [4.78, 5) is 0. The standard InChI is InChI=1S/C6H7O2/c7-3-1-6-2-4-8-5-6/h2,4-5H,1,3H2. The van der Waals surface area contributed by atoms with E-state index < -0.39 is 0 Å². The molecule has 1 rings (SSSR count). The van der Waals surface area contributed by atoms with Crippen molar-refractivity contribution in [1.29, 1.82) is 0 Å². The molecule has 1 aromatic rings. The van der Waals surface area contributed by atoms with Crippen molar-refractivity contribution < 1.29 is 9.52 Å². The van der Waals surface area contributed by atoms with Crippen molar-refractivity contribution in [3.63, 3.8) is 0 Å². The summed E-state index contributed by atoms with van der Waals surface area (Å²) in [5.41, 5.74) is 0.986. The van der Waals surface area contributed by atoms with E-state index in [9.17, 15) is 5.11 Å².